The number of aliphatic hydroxyl groups is 1. The van der Waals surface area contributed by atoms with Gasteiger partial charge in [-0.05, 0) is 23.8 Å². The van der Waals surface area contributed by atoms with Gasteiger partial charge in [-0.2, -0.15) is 0 Å². The van der Waals surface area contributed by atoms with Crippen LogP contribution in [0.2, 0.25) is 0 Å². The van der Waals surface area contributed by atoms with Crippen LogP contribution in [0.3, 0.4) is 0 Å². The molecule has 2 aromatic carbocycles. The second kappa shape index (κ2) is 7.68. The van der Waals surface area contributed by atoms with Gasteiger partial charge in [-0.25, -0.2) is 0 Å². The Morgan fingerprint density at radius 2 is 1.96 bits per heavy atom. The summed E-state index contributed by atoms with van der Waals surface area (Å²) in [5.74, 6) is -0.0423. The number of rotatable bonds is 4. The number of ether oxygens (including phenoxy) is 1. The molecule has 0 saturated carbocycles. The van der Waals surface area contributed by atoms with Crippen LogP contribution in [0.4, 0.5) is 5.69 Å². The quantitative estimate of drug-likeness (QED) is 0.928. The van der Waals surface area contributed by atoms with Crippen molar-refractivity contribution in [3.8, 4) is 0 Å². The Morgan fingerprint density at radius 1 is 1.20 bits per heavy atom. The Hall–Kier alpha value is -2.37. The third kappa shape index (κ3) is 3.67. The molecule has 0 unspecified atom stereocenters. The molecule has 0 aromatic heterocycles. The number of aliphatic hydroxyl groups excluding tert-OH is 1. The second-order valence-electron chi connectivity index (χ2n) is 6.39. The SMILES string of the molecule is CN(C)c1cccc(C(=O)N2CCO[C@@H](CO)[C@@H]2c2ccccc2)c1. The zero-order chi connectivity index (χ0) is 17.8. The smallest absolute Gasteiger partial charge is 0.254 e. The molecule has 1 heterocycles. The molecule has 2 atom stereocenters. The maximum atomic E-state index is 13.2. The molecule has 0 spiro atoms. The lowest BCUT2D eigenvalue weighted by Gasteiger charge is -2.41. The minimum absolute atomic E-state index is 0.0423. The van der Waals surface area contributed by atoms with E-state index in [1.54, 1.807) is 0 Å². The number of nitrogens with zero attached hydrogens (tertiary/aromatic N) is 2. The highest BCUT2D eigenvalue weighted by Crippen LogP contribution is 2.31. The molecule has 1 aliphatic heterocycles. The Morgan fingerprint density at radius 3 is 2.64 bits per heavy atom. The molecule has 1 aliphatic rings. The number of hydrogen-bond acceptors (Lipinski definition) is 4. The van der Waals surface area contributed by atoms with Crippen molar-refractivity contribution in [1.82, 2.24) is 4.90 Å². The lowest BCUT2D eigenvalue weighted by Crippen LogP contribution is -2.49. The van der Waals surface area contributed by atoms with E-state index in [4.69, 9.17) is 4.74 Å². The van der Waals surface area contributed by atoms with Crippen molar-refractivity contribution in [2.75, 3.05) is 38.8 Å². The number of carbonyl (C=O) groups excluding carboxylic acids is 1. The van der Waals surface area contributed by atoms with Crippen LogP contribution in [0.1, 0.15) is 22.0 Å². The maximum Gasteiger partial charge on any atom is 0.254 e. The van der Waals surface area contributed by atoms with Gasteiger partial charge in [0, 0.05) is 31.9 Å². The molecule has 0 aliphatic carbocycles. The van der Waals surface area contributed by atoms with Gasteiger partial charge in [0.1, 0.15) is 6.10 Å². The Kier molecular flexibility index (Phi) is 5.36. The van der Waals surface area contributed by atoms with Crippen molar-refractivity contribution in [1.29, 1.82) is 0 Å². The van der Waals surface area contributed by atoms with E-state index in [1.165, 1.54) is 0 Å². The summed E-state index contributed by atoms with van der Waals surface area (Å²) in [5, 5.41) is 9.74. The van der Waals surface area contributed by atoms with Gasteiger partial charge in [0.15, 0.2) is 0 Å². The third-order valence-electron chi connectivity index (χ3n) is 4.54. The van der Waals surface area contributed by atoms with Gasteiger partial charge in [-0.15, -0.1) is 0 Å². The third-order valence-corrected chi connectivity index (χ3v) is 4.54. The number of carbonyl (C=O) groups is 1. The fraction of sp³-hybridized carbons (Fsp3) is 0.350. The topological polar surface area (TPSA) is 53.0 Å². The van der Waals surface area contributed by atoms with Gasteiger partial charge in [0.2, 0.25) is 0 Å². The zero-order valence-corrected chi connectivity index (χ0v) is 14.6. The van der Waals surface area contributed by atoms with Crippen molar-refractivity contribution in [2.45, 2.75) is 12.1 Å². The first-order valence-electron chi connectivity index (χ1n) is 8.47. The van der Waals surface area contributed by atoms with Crippen LogP contribution in [-0.2, 0) is 4.74 Å². The average Bonchev–Trinajstić information content (AvgIpc) is 2.67. The van der Waals surface area contributed by atoms with Crippen LogP contribution in [-0.4, -0.2) is 55.9 Å². The van der Waals surface area contributed by atoms with Gasteiger partial charge >= 0.3 is 0 Å². The summed E-state index contributed by atoms with van der Waals surface area (Å²) in [4.78, 5) is 17.0. The molecule has 1 amide bonds. The van der Waals surface area contributed by atoms with Gasteiger partial charge in [-0.1, -0.05) is 36.4 Å². The van der Waals surface area contributed by atoms with E-state index < -0.39 is 6.10 Å². The molecule has 0 radical (unpaired) electrons. The summed E-state index contributed by atoms with van der Waals surface area (Å²) in [7, 11) is 3.90. The molecule has 5 heteroatoms. The summed E-state index contributed by atoms with van der Waals surface area (Å²) in [6, 6.07) is 17.1. The molecule has 1 fully saturated rings. The van der Waals surface area contributed by atoms with Crippen molar-refractivity contribution in [3.63, 3.8) is 0 Å². The summed E-state index contributed by atoms with van der Waals surface area (Å²) in [6.45, 7) is 0.801. The van der Waals surface area contributed by atoms with Crippen LogP contribution >= 0.6 is 0 Å². The number of benzene rings is 2. The van der Waals surface area contributed by atoms with Crippen LogP contribution in [0.15, 0.2) is 54.6 Å². The van der Waals surface area contributed by atoms with E-state index >= 15 is 0 Å². The fourth-order valence-electron chi connectivity index (χ4n) is 3.24. The van der Waals surface area contributed by atoms with Crippen molar-refractivity contribution < 1.29 is 14.6 Å². The van der Waals surface area contributed by atoms with E-state index in [-0.39, 0.29) is 18.6 Å². The Labute approximate surface area is 148 Å². The molecular formula is C20H24N2O3. The van der Waals surface area contributed by atoms with E-state index in [1.807, 2.05) is 78.5 Å². The number of morpholine rings is 1. The van der Waals surface area contributed by atoms with E-state index in [2.05, 4.69) is 0 Å². The van der Waals surface area contributed by atoms with Crippen LogP contribution < -0.4 is 4.90 Å². The lowest BCUT2D eigenvalue weighted by molar-refractivity contribution is -0.0811. The van der Waals surface area contributed by atoms with Gasteiger partial charge in [0.25, 0.3) is 5.91 Å². The molecular weight excluding hydrogens is 316 g/mol. The summed E-state index contributed by atoms with van der Waals surface area (Å²) < 4.78 is 5.72. The van der Waals surface area contributed by atoms with Crippen molar-refractivity contribution in [3.05, 3.63) is 65.7 Å². The number of anilines is 1. The van der Waals surface area contributed by atoms with Crippen LogP contribution in [0.5, 0.6) is 0 Å². The number of hydrogen-bond donors (Lipinski definition) is 1. The van der Waals surface area contributed by atoms with Crippen LogP contribution in [0, 0.1) is 0 Å². The molecule has 1 N–H and O–H groups in total. The van der Waals surface area contributed by atoms with Gasteiger partial charge < -0.3 is 19.6 Å². The fourth-order valence-corrected chi connectivity index (χ4v) is 3.24. The monoisotopic (exact) mass is 340 g/mol. The highest BCUT2D eigenvalue weighted by atomic mass is 16.5. The molecule has 2 aromatic rings. The summed E-state index contributed by atoms with van der Waals surface area (Å²) in [5.41, 5.74) is 2.60. The first-order chi connectivity index (χ1) is 12.1. The van der Waals surface area contributed by atoms with Gasteiger partial charge in [0.05, 0.1) is 19.3 Å². The van der Waals surface area contributed by atoms with Crippen molar-refractivity contribution >= 4 is 11.6 Å². The molecule has 0 bridgehead atoms. The average molecular weight is 340 g/mol. The first-order valence-corrected chi connectivity index (χ1v) is 8.47. The second-order valence-corrected chi connectivity index (χ2v) is 6.39. The zero-order valence-electron chi connectivity index (χ0n) is 14.6. The van der Waals surface area contributed by atoms with E-state index in [0.717, 1.165) is 11.3 Å². The van der Waals surface area contributed by atoms with Crippen molar-refractivity contribution in [2.24, 2.45) is 0 Å². The first kappa shape index (κ1) is 17.5. The van der Waals surface area contributed by atoms with Crippen LogP contribution in [0.25, 0.3) is 0 Å². The Balaban J connectivity index is 1.95. The summed E-state index contributed by atoms with van der Waals surface area (Å²) >= 11 is 0. The largest absolute Gasteiger partial charge is 0.394 e. The Bertz CT molecular complexity index is 718. The normalized spacial score (nSPS) is 20.4. The standard InChI is InChI=1S/C20H24N2O3/c1-21(2)17-10-6-9-16(13-17)20(24)22-11-12-25-18(14-23)19(22)15-7-4-3-5-8-15/h3-10,13,18-19,23H,11-12,14H2,1-2H3/t18-,19-/m0/s1. The predicted molar refractivity (Wildman–Crippen MR) is 97.8 cm³/mol. The minimum Gasteiger partial charge on any atom is -0.394 e. The number of amides is 1. The molecule has 3 rings (SSSR count). The van der Waals surface area contributed by atoms with Gasteiger partial charge in [-0.3, -0.25) is 4.79 Å². The molecule has 1 saturated heterocycles. The van der Waals surface area contributed by atoms with E-state index in [0.29, 0.717) is 18.7 Å². The molecule has 5 nitrogen and oxygen atoms in total. The highest BCUT2D eigenvalue weighted by molar-refractivity contribution is 5.95. The minimum atomic E-state index is -0.419. The van der Waals surface area contributed by atoms with E-state index in [9.17, 15) is 9.90 Å². The predicted octanol–water partition coefficient (Wildman–Crippen LogP) is 2.33. The molecule has 25 heavy (non-hydrogen) atoms. The lowest BCUT2D eigenvalue weighted by atomic mass is 9.97. The highest BCUT2D eigenvalue weighted by Gasteiger charge is 2.36. The molecule has 132 valence electrons. The summed E-state index contributed by atoms with van der Waals surface area (Å²) in [6.07, 6.45) is -0.419. The maximum absolute atomic E-state index is 13.2.